The molecule has 12 heteroatoms. The summed E-state index contributed by atoms with van der Waals surface area (Å²) in [6.07, 6.45) is 1.24. The molecule has 0 saturated carbocycles. The number of carbonyl (C=O) groups is 5. The van der Waals surface area contributed by atoms with Crippen LogP contribution < -0.4 is 27.4 Å². The predicted octanol–water partition coefficient (Wildman–Crippen LogP) is 0.135. The van der Waals surface area contributed by atoms with Crippen LogP contribution in [0.25, 0.3) is 0 Å². The molecule has 0 aliphatic carbocycles. The molecule has 0 aromatic heterocycles. The normalized spacial score (nSPS) is 14.1. The van der Waals surface area contributed by atoms with Crippen molar-refractivity contribution in [1.29, 1.82) is 0 Å². The van der Waals surface area contributed by atoms with E-state index < -0.39 is 60.2 Å². The fourth-order valence-corrected chi connectivity index (χ4v) is 3.75. The molecule has 1 aromatic carbocycles. The van der Waals surface area contributed by atoms with E-state index >= 15 is 0 Å². The SMILES string of the molecule is CC(C)CC(NC(=O)C(CCC(=O)O)NC(=O)C(N)CCCCN)C(=O)NC(Cc1ccccc1)C(=O)O. The van der Waals surface area contributed by atoms with Crippen molar-refractivity contribution >= 4 is 29.7 Å². The minimum atomic E-state index is -1.25. The van der Waals surface area contributed by atoms with Crippen molar-refractivity contribution in [2.45, 2.75) is 83.0 Å². The lowest BCUT2D eigenvalue weighted by Crippen LogP contribution is -2.57. The van der Waals surface area contributed by atoms with Gasteiger partial charge in [0.1, 0.15) is 18.1 Å². The zero-order chi connectivity index (χ0) is 28.7. The van der Waals surface area contributed by atoms with Gasteiger partial charge in [-0.05, 0) is 43.7 Å². The molecule has 0 saturated heterocycles. The van der Waals surface area contributed by atoms with Gasteiger partial charge >= 0.3 is 11.9 Å². The fraction of sp³-hybridized carbons (Fsp3) is 0.577. The average molecular weight is 536 g/mol. The first kappa shape index (κ1) is 32.5. The fourth-order valence-electron chi connectivity index (χ4n) is 3.75. The van der Waals surface area contributed by atoms with Crippen LogP contribution in [0, 0.1) is 5.92 Å². The Morgan fingerprint density at radius 1 is 0.816 bits per heavy atom. The van der Waals surface area contributed by atoms with Crippen LogP contribution in [0.1, 0.15) is 57.9 Å². The standard InChI is InChI=1S/C26H41N5O7/c1-16(2)14-20(25(36)31-21(26(37)38)15-17-8-4-3-5-9-17)30-24(35)19(11-12-22(32)33)29-23(34)18(28)10-6-7-13-27/h3-5,8-9,16,18-21H,6-7,10-15,27-28H2,1-2H3,(H,29,34)(H,30,35)(H,31,36)(H,32,33)(H,37,38). The number of unbranched alkanes of at least 4 members (excludes halogenated alkanes) is 1. The van der Waals surface area contributed by atoms with E-state index in [2.05, 4.69) is 16.0 Å². The molecule has 38 heavy (non-hydrogen) atoms. The smallest absolute Gasteiger partial charge is 0.326 e. The van der Waals surface area contributed by atoms with Crippen molar-refractivity contribution in [3.63, 3.8) is 0 Å². The first-order valence-electron chi connectivity index (χ1n) is 12.8. The minimum Gasteiger partial charge on any atom is -0.481 e. The number of benzene rings is 1. The van der Waals surface area contributed by atoms with E-state index in [4.69, 9.17) is 16.6 Å². The van der Waals surface area contributed by atoms with Crippen LogP contribution in [0.2, 0.25) is 0 Å². The zero-order valence-corrected chi connectivity index (χ0v) is 22.0. The topological polar surface area (TPSA) is 214 Å². The second-order valence-electron chi connectivity index (χ2n) is 9.66. The van der Waals surface area contributed by atoms with Gasteiger partial charge in [0.25, 0.3) is 0 Å². The summed E-state index contributed by atoms with van der Waals surface area (Å²) in [5.41, 5.74) is 12.1. The molecule has 12 nitrogen and oxygen atoms in total. The van der Waals surface area contributed by atoms with Crippen LogP contribution in [0.5, 0.6) is 0 Å². The predicted molar refractivity (Wildman–Crippen MR) is 141 cm³/mol. The molecular formula is C26H41N5O7. The van der Waals surface area contributed by atoms with E-state index in [1.165, 1.54) is 0 Å². The van der Waals surface area contributed by atoms with Gasteiger partial charge in [0.15, 0.2) is 0 Å². The molecule has 0 bridgehead atoms. The second-order valence-corrected chi connectivity index (χ2v) is 9.66. The summed E-state index contributed by atoms with van der Waals surface area (Å²) >= 11 is 0. The number of nitrogens with two attached hydrogens (primary N) is 2. The lowest BCUT2D eigenvalue weighted by molar-refractivity contribution is -0.142. The summed E-state index contributed by atoms with van der Waals surface area (Å²) in [5.74, 6) is -4.52. The molecule has 1 aromatic rings. The first-order chi connectivity index (χ1) is 17.9. The summed E-state index contributed by atoms with van der Waals surface area (Å²) in [6.45, 7) is 4.11. The van der Waals surface area contributed by atoms with Gasteiger partial charge in [0.05, 0.1) is 6.04 Å². The molecular weight excluding hydrogens is 494 g/mol. The molecule has 0 aliphatic heterocycles. The average Bonchev–Trinajstić information content (AvgIpc) is 2.85. The first-order valence-corrected chi connectivity index (χ1v) is 12.8. The Kier molecular flexibility index (Phi) is 14.6. The number of amides is 3. The zero-order valence-electron chi connectivity index (χ0n) is 22.0. The van der Waals surface area contributed by atoms with Crippen LogP contribution in [0.15, 0.2) is 30.3 Å². The highest BCUT2D eigenvalue weighted by Crippen LogP contribution is 2.10. The molecule has 0 radical (unpaired) electrons. The number of hydrogen-bond acceptors (Lipinski definition) is 7. The van der Waals surface area contributed by atoms with E-state index in [1.54, 1.807) is 30.3 Å². The highest BCUT2D eigenvalue weighted by molar-refractivity contribution is 5.94. The Morgan fingerprint density at radius 2 is 1.39 bits per heavy atom. The van der Waals surface area contributed by atoms with Gasteiger partial charge in [0.2, 0.25) is 17.7 Å². The maximum atomic E-state index is 13.1. The van der Waals surface area contributed by atoms with E-state index in [0.717, 1.165) is 0 Å². The summed E-state index contributed by atoms with van der Waals surface area (Å²) in [5, 5.41) is 26.3. The highest BCUT2D eigenvalue weighted by Gasteiger charge is 2.31. The van der Waals surface area contributed by atoms with Gasteiger partial charge in [0, 0.05) is 12.8 Å². The third kappa shape index (κ3) is 12.6. The number of nitrogens with one attached hydrogen (secondary N) is 3. The van der Waals surface area contributed by atoms with Crippen LogP contribution >= 0.6 is 0 Å². The Morgan fingerprint density at radius 3 is 1.95 bits per heavy atom. The second kappa shape index (κ2) is 17.1. The number of carbonyl (C=O) groups excluding carboxylic acids is 3. The molecule has 9 N–H and O–H groups in total. The minimum absolute atomic E-state index is 0.0452. The molecule has 0 fully saturated rings. The number of rotatable bonds is 18. The van der Waals surface area contributed by atoms with Crippen molar-refractivity contribution in [2.75, 3.05) is 6.54 Å². The lowest BCUT2D eigenvalue weighted by Gasteiger charge is -2.26. The third-order valence-electron chi connectivity index (χ3n) is 5.82. The Labute approximate surface area is 222 Å². The van der Waals surface area contributed by atoms with Crippen LogP contribution in [-0.4, -0.2) is 70.6 Å². The van der Waals surface area contributed by atoms with E-state index in [1.807, 2.05) is 13.8 Å². The molecule has 0 heterocycles. The van der Waals surface area contributed by atoms with Crippen molar-refractivity contribution in [1.82, 2.24) is 16.0 Å². The summed E-state index contributed by atoms with van der Waals surface area (Å²) in [6, 6.07) is 4.29. The van der Waals surface area contributed by atoms with E-state index in [-0.39, 0.29) is 25.2 Å². The van der Waals surface area contributed by atoms with Gasteiger partial charge in [-0.1, -0.05) is 50.6 Å². The molecule has 1 rings (SSSR count). The van der Waals surface area contributed by atoms with Gasteiger partial charge in [-0.3, -0.25) is 19.2 Å². The summed E-state index contributed by atoms with van der Waals surface area (Å²) < 4.78 is 0. The van der Waals surface area contributed by atoms with Gasteiger partial charge in [-0.2, -0.15) is 0 Å². The van der Waals surface area contributed by atoms with Crippen molar-refractivity contribution < 1.29 is 34.2 Å². The van der Waals surface area contributed by atoms with E-state index in [0.29, 0.717) is 31.4 Å². The van der Waals surface area contributed by atoms with Gasteiger partial charge in [-0.15, -0.1) is 0 Å². The third-order valence-corrected chi connectivity index (χ3v) is 5.82. The Hall–Kier alpha value is -3.51. The maximum Gasteiger partial charge on any atom is 0.326 e. The quantitative estimate of drug-likeness (QED) is 0.127. The summed E-state index contributed by atoms with van der Waals surface area (Å²) in [7, 11) is 0. The van der Waals surface area contributed by atoms with Crippen LogP contribution in [0.3, 0.4) is 0 Å². The molecule has 4 atom stereocenters. The van der Waals surface area contributed by atoms with Crippen molar-refractivity contribution in [3.8, 4) is 0 Å². The molecule has 0 spiro atoms. The molecule has 3 amide bonds. The summed E-state index contributed by atoms with van der Waals surface area (Å²) in [4.78, 5) is 61.7. The Balaban J connectivity index is 2.99. The van der Waals surface area contributed by atoms with Crippen molar-refractivity contribution in [3.05, 3.63) is 35.9 Å². The monoisotopic (exact) mass is 535 g/mol. The lowest BCUT2D eigenvalue weighted by atomic mass is 10.0. The maximum absolute atomic E-state index is 13.1. The number of carboxylic acid groups (broad SMARTS) is 2. The number of aliphatic carboxylic acids is 2. The van der Waals surface area contributed by atoms with Crippen molar-refractivity contribution in [2.24, 2.45) is 17.4 Å². The van der Waals surface area contributed by atoms with Crippen LogP contribution in [0.4, 0.5) is 0 Å². The number of hydrogen-bond donors (Lipinski definition) is 7. The van der Waals surface area contributed by atoms with E-state index in [9.17, 15) is 29.1 Å². The van der Waals surface area contributed by atoms with Gasteiger partial charge in [-0.25, -0.2) is 4.79 Å². The molecule has 212 valence electrons. The largest absolute Gasteiger partial charge is 0.481 e. The molecule has 4 unspecified atom stereocenters. The molecule has 0 aliphatic rings. The number of carboxylic acids is 2. The van der Waals surface area contributed by atoms with Crippen LogP contribution in [-0.2, 0) is 30.4 Å². The van der Waals surface area contributed by atoms with Gasteiger partial charge < -0.3 is 37.6 Å². The highest BCUT2D eigenvalue weighted by atomic mass is 16.4. The Bertz CT molecular complexity index is 926.